The second-order valence-electron chi connectivity index (χ2n) is 5.47. The molecule has 132 valence electrons. The number of halogens is 1. The molecule has 0 aliphatic carbocycles. The number of carbonyl (C=O) groups excluding carboxylic acids is 2. The number of amides is 2. The lowest BCUT2D eigenvalue weighted by Crippen LogP contribution is -2.40. The van der Waals surface area contributed by atoms with E-state index in [1.807, 2.05) is 6.92 Å². The lowest BCUT2D eigenvalue weighted by Gasteiger charge is -2.14. The summed E-state index contributed by atoms with van der Waals surface area (Å²) >= 11 is 0. The van der Waals surface area contributed by atoms with E-state index in [4.69, 9.17) is 5.11 Å². The molecule has 1 aromatic rings. The van der Waals surface area contributed by atoms with E-state index in [2.05, 4.69) is 10.6 Å². The summed E-state index contributed by atoms with van der Waals surface area (Å²) in [6.07, 6.45) is 2.50. The van der Waals surface area contributed by atoms with Gasteiger partial charge in [0.15, 0.2) is 0 Å². The second-order valence-corrected chi connectivity index (χ2v) is 5.47. The number of carbonyl (C=O) groups is 3. The van der Waals surface area contributed by atoms with Gasteiger partial charge in [-0.1, -0.05) is 19.8 Å². The first-order valence-corrected chi connectivity index (χ1v) is 8.00. The molecule has 0 fully saturated rings. The highest BCUT2D eigenvalue weighted by molar-refractivity contribution is 5.94. The van der Waals surface area contributed by atoms with Crippen LogP contribution in [0.2, 0.25) is 0 Å². The molecule has 0 bridgehead atoms. The van der Waals surface area contributed by atoms with Gasteiger partial charge in [0.25, 0.3) is 5.91 Å². The smallest absolute Gasteiger partial charge is 0.326 e. The number of nitrogens with one attached hydrogen (secondary N) is 2. The van der Waals surface area contributed by atoms with Crippen LogP contribution in [0.5, 0.6) is 0 Å². The molecule has 0 heterocycles. The van der Waals surface area contributed by atoms with Crippen LogP contribution in [0.15, 0.2) is 24.3 Å². The van der Waals surface area contributed by atoms with Gasteiger partial charge in [0.1, 0.15) is 11.9 Å². The van der Waals surface area contributed by atoms with Crippen LogP contribution in [-0.4, -0.2) is 35.5 Å². The van der Waals surface area contributed by atoms with E-state index in [0.717, 1.165) is 12.8 Å². The molecule has 1 rings (SSSR count). The Morgan fingerprint density at radius 3 is 2.42 bits per heavy atom. The number of hydrogen-bond donors (Lipinski definition) is 3. The second kappa shape index (κ2) is 10.4. The van der Waals surface area contributed by atoms with Crippen LogP contribution in [-0.2, 0) is 9.59 Å². The Kier molecular flexibility index (Phi) is 8.46. The number of hydrogen-bond acceptors (Lipinski definition) is 3. The van der Waals surface area contributed by atoms with Crippen molar-refractivity contribution in [1.82, 2.24) is 10.6 Å². The maximum atomic E-state index is 12.8. The highest BCUT2D eigenvalue weighted by atomic mass is 19.1. The SMILES string of the molecule is CCCCC(NC(=O)CCCNC(=O)c1ccc(F)cc1)C(=O)O. The molecule has 6 nitrogen and oxygen atoms in total. The third kappa shape index (κ3) is 7.21. The van der Waals surface area contributed by atoms with Crippen molar-refractivity contribution >= 4 is 17.8 Å². The van der Waals surface area contributed by atoms with Gasteiger partial charge in [-0.15, -0.1) is 0 Å². The minimum atomic E-state index is -1.04. The average molecular weight is 338 g/mol. The van der Waals surface area contributed by atoms with Gasteiger partial charge in [0.2, 0.25) is 5.91 Å². The molecule has 0 aromatic heterocycles. The summed E-state index contributed by atoms with van der Waals surface area (Å²) in [5.74, 6) is -2.16. The molecular formula is C17H23FN2O4. The van der Waals surface area contributed by atoms with Crippen LogP contribution in [0.3, 0.4) is 0 Å². The minimum Gasteiger partial charge on any atom is -0.480 e. The topological polar surface area (TPSA) is 95.5 Å². The van der Waals surface area contributed by atoms with Crippen molar-refractivity contribution < 1.29 is 23.9 Å². The maximum absolute atomic E-state index is 12.8. The van der Waals surface area contributed by atoms with Gasteiger partial charge in [-0.3, -0.25) is 9.59 Å². The predicted octanol–water partition coefficient (Wildman–Crippen LogP) is 2.10. The lowest BCUT2D eigenvalue weighted by atomic mass is 10.1. The van der Waals surface area contributed by atoms with E-state index < -0.39 is 17.8 Å². The van der Waals surface area contributed by atoms with Crippen molar-refractivity contribution in [3.8, 4) is 0 Å². The number of carboxylic acid groups (broad SMARTS) is 1. The Balaban J connectivity index is 2.28. The van der Waals surface area contributed by atoms with E-state index in [9.17, 15) is 18.8 Å². The zero-order valence-electron chi connectivity index (χ0n) is 13.7. The van der Waals surface area contributed by atoms with Crippen molar-refractivity contribution in [3.05, 3.63) is 35.6 Å². The molecule has 3 N–H and O–H groups in total. The molecule has 1 unspecified atom stereocenters. The molecule has 0 aliphatic rings. The molecular weight excluding hydrogens is 315 g/mol. The van der Waals surface area contributed by atoms with E-state index >= 15 is 0 Å². The van der Waals surface area contributed by atoms with Gasteiger partial charge in [0.05, 0.1) is 0 Å². The first-order chi connectivity index (χ1) is 11.4. The quantitative estimate of drug-likeness (QED) is 0.569. The first-order valence-electron chi connectivity index (χ1n) is 8.00. The standard InChI is InChI=1S/C17H23FN2O4/c1-2-3-5-14(17(23)24)20-15(21)6-4-11-19-16(22)12-7-9-13(18)10-8-12/h7-10,14H,2-6,11H2,1H3,(H,19,22)(H,20,21)(H,23,24). The summed E-state index contributed by atoms with van der Waals surface area (Å²) in [4.78, 5) is 34.6. The maximum Gasteiger partial charge on any atom is 0.326 e. The highest BCUT2D eigenvalue weighted by Crippen LogP contribution is 2.03. The highest BCUT2D eigenvalue weighted by Gasteiger charge is 2.18. The van der Waals surface area contributed by atoms with Gasteiger partial charge in [-0.2, -0.15) is 0 Å². The Morgan fingerprint density at radius 2 is 1.83 bits per heavy atom. The zero-order chi connectivity index (χ0) is 17.9. The summed E-state index contributed by atoms with van der Waals surface area (Å²) < 4.78 is 12.8. The lowest BCUT2D eigenvalue weighted by molar-refractivity contribution is -0.142. The third-order valence-corrected chi connectivity index (χ3v) is 3.45. The van der Waals surface area contributed by atoms with E-state index in [-0.39, 0.29) is 24.8 Å². The first kappa shape index (κ1) is 19.6. The Hall–Kier alpha value is -2.44. The van der Waals surface area contributed by atoms with E-state index in [0.29, 0.717) is 18.4 Å². The summed E-state index contributed by atoms with van der Waals surface area (Å²) in [5.41, 5.74) is 0.339. The number of aliphatic carboxylic acids is 1. The van der Waals surface area contributed by atoms with Crippen molar-refractivity contribution in [2.75, 3.05) is 6.54 Å². The van der Waals surface area contributed by atoms with Crippen molar-refractivity contribution in [2.24, 2.45) is 0 Å². The minimum absolute atomic E-state index is 0.125. The largest absolute Gasteiger partial charge is 0.480 e. The monoisotopic (exact) mass is 338 g/mol. The Bertz CT molecular complexity index is 560. The Morgan fingerprint density at radius 1 is 1.17 bits per heavy atom. The van der Waals surface area contributed by atoms with E-state index in [1.54, 1.807) is 0 Å². The zero-order valence-corrected chi connectivity index (χ0v) is 13.7. The molecule has 7 heteroatoms. The van der Waals surface area contributed by atoms with Crippen molar-refractivity contribution in [1.29, 1.82) is 0 Å². The fourth-order valence-corrected chi connectivity index (χ4v) is 2.09. The average Bonchev–Trinajstić information content (AvgIpc) is 2.55. The van der Waals surface area contributed by atoms with Gasteiger partial charge in [-0.05, 0) is 37.1 Å². The molecule has 0 aliphatic heterocycles. The van der Waals surface area contributed by atoms with Crippen molar-refractivity contribution in [2.45, 2.75) is 45.1 Å². The van der Waals surface area contributed by atoms with Gasteiger partial charge < -0.3 is 15.7 Å². The van der Waals surface area contributed by atoms with Crippen LogP contribution in [0, 0.1) is 5.82 Å². The number of carboxylic acids is 1. The molecule has 0 spiro atoms. The molecule has 2 amide bonds. The summed E-state index contributed by atoms with van der Waals surface area (Å²) in [7, 11) is 0. The third-order valence-electron chi connectivity index (χ3n) is 3.45. The van der Waals surface area contributed by atoms with Gasteiger partial charge in [-0.25, -0.2) is 9.18 Å². The van der Waals surface area contributed by atoms with Crippen LogP contribution in [0.25, 0.3) is 0 Å². The summed E-state index contributed by atoms with van der Waals surface area (Å²) in [5, 5.41) is 14.2. The molecule has 1 aromatic carbocycles. The molecule has 0 radical (unpaired) electrons. The molecule has 24 heavy (non-hydrogen) atoms. The van der Waals surface area contributed by atoms with Crippen LogP contribution in [0.1, 0.15) is 49.4 Å². The van der Waals surface area contributed by atoms with Crippen LogP contribution >= 0.6 is 0 Å². The number of unbranched alkanes of at least 4 members (excludes halogenated alkanes) is 1. The van der Waals surface area contributed by atoms with Gasteiger partial charge >= 0.3 is 5.97 Å². The number of rotatable bonds is 10. The molecule has 1 atom stereocenters. The van der Waals surface area contributed by atoms with Crippen molar-refractivity contribution in [3.63, 3.8) is 0 Å². The molecule has 0 saturated carbocycles. The van der Waals surface area contributed by atoms with Gasteiger partial charge in [0, 0.05) is 18.5 Å². The van der Waals surface area contributed by atoms with Crippen LogP contribution < -0.4 is 10.6 Å². The van der Waals surface area contributed by atoms with Crippen LogP contribution in [0.4, 0.5) is 4.39 Å². The summed E-state index contributed by atoms with van der Waals surface area (Å²) in [6.45, 7) is 2.22. The normalized spacial score (nSPS) is 11.6. The fourth-order valence-electron chi connectivity index (χ4n) is 2.09. The molecule has 0 saturated heterocycles. The van der Waals surface area contributed by atoms with E-state index in [1.165, 1.54) is 24.3 Å². The number of benzene rings is 1. The Labute approximate surface area is 140 Å². The summed E-state index contributed by atoms with van der Waals surface area (Å²) in [6, 6.07) is 4.28. The fraction of sp³-hybridized carbons (Fsp3) is 0.471. The predicted molar refractivity (Wildman–Crippen MR) is 87.1 cm³/mol.